The second-order valence-electron chi connectivity index (χ2n) is 9.35. The molecule has 0 unspecified atom stereocenters. The van der Waals surface area contributed by atoms with Gasteiger partial charge in [0.1, 0.15) is 0 Å². The summed E-state index contributed by atoms with van der Waals surface area (Å²) in [5, 5.41) is 0. The van der Waals surface area contributed by atoms with Gasteiger partial charge in [0, 0.05) is 56.9 Å². The van der Waals surface area contributed by atoms with Crippen LogP contribution in [0.1, 0.15) is 37.8 Å². The maximum Gasteiger partial charge on any atom is 0.223 e. The van der Waals surface area contributed by atoms with Gasteiger partial charge in [-0.25, -0.2) is 8.42 Å². The highest BCUT2D eigenvalue weighted by molar-refractivity contribution is 7.91. The molecule has 8 heteroatoms. The Bertz CT molecular complexity index is 1190. The number of benzene rings is 2. The van der Waals surface area contributed by atoms with Crippen LogP contribution in [0, 0.1) is 6.92 Å². The Labute approximate surface area is 202 Å². The normalized spacial score (nSPS) is 18.6. The molecule has 0 saturated carbocycles. The van der Waals surface area contributed by atoms with E-state index >= 15 is 0 Å². The van der Waals surface area contributed by atoms with Gasteiger partial charge in [-0.2, -0.15) is 0 Å². The fourth-order valence-corrected chi connectivity index (χ4v) is 6.24. The highest BCUT2D eigenvalue weighted by Gasteiger charge is 2.28. The van der Waals surface area contributed by atoms with Crippen LogP contribution < -0.4 is 9.80 Å². The van der Waals surface area contributed by atoms with Crippen molar-refractivity contribution in [3.8, 4) is 0 Å². The largest absolute Gasteiger partial charge is 0.365 e. The monoisotopic (exact) mass is 483 g/mol. The van der Waals surface area contributed by atoms with Gasteiger partial charge in [0.2, 0.25) is 11.8 Å². The number of hydrogen-bond acceptors (Lipinski definition) is 5. The lowest BCUT2D eigenvalue weighted by Crippen LogP contribution is -2.54. The van der Waals surface area contributed by atoms with Crippen molar-refractivity contribution in [3.05, 3.63) is 53.6 Å². The van der Waals surface area contributed by atoms with E-state index in [4.69, 9.17) is 0 Å². The smallest absolute Gasteiger partial charge is 0.223 e. The summed E-state index contributed by atoms with van der Waals surface area (Å²) < 4.78 is 26.0. The Morgan fingerprint density at radius 2 is 1.85 bits per heavy atom. The van der Waals surface area contributed by atoms with Gasteiger partial charge in [-0.1, -0.05) is 12.1 Å². The minimum Gasteiger partial charge on any atom is -0.365 e. The highest BCUT2D eigenvalue weighted by atomic mass is 32.2. The zero-order valence-corrected chi connectivity index (χ0v) is 21.0. The molecule has 4 rings (SSSR count). The average Bonchev–Trinajstić information content (AvgIpc) is 2.81. The molecule has 2 heterocycles. The van der Waals surface area contributed by atoms with Crippen LogP contribution in [0.4, 0.5) is 11.4 Å². The first-order valence-corrected chi connectivity index (χ1v) is 13.6. The number of fused-ring (bicyclic) bond motifs is 1. The number of rotatable bonds is 5. The molecule has 0 aromatic heterocycles. The number of carbonyl (C=O) groups is 2. The maximum atomic E-state index is 13.0. The molecule has 2 aromatic carbocycles. The third kappa shape index (κ3) is 5.12. The molecule has 0 spiro atoms. The Morgan fingerprint density at radius 3 is 2.56 bits per heavy atom. The van der Waals surface area contributed by atoms with Crippen LogP contribution in [0.2, 0.25) is 0 Å². The van der Waals surface area contributed by atoms with Crippen LogP contribution in [0.25, 0.3) is 0 Å². The Hall–Kier alpha value is -2.87. The Balaban J connectivity index is 1.38. The maximum absolute atomic E-state index is 13.0. The van der Waals surface area contributed by atoms with Crippen molar-refractivity contribution in [3.63, 3.8) is 0 Å². The summed E-state index contributed by atoms with van der Waals surface area (Å²) in [4.78, 5) is 30.7. The molecular formula is C26H33N3O4S. The topological polar surface area (TPSA) is 78.0 Å². The fourth-order valence-electron chi connectivity index (χ4n) is 4.97. The molecule has 2 aromatic rings. The SMILES string of the molecule is CC(=O)N1CCCc2cc(S(=O)(=O)CCC(=O)N3CCN(c4cccc(C)c4)[C@@H](C)C3)ccc21. The molecular weight excluding hydrogens is 450 g/mol. The molecule has 1 saturated heterocycles. The van der Waals surface area contributed by atoms with E-state index in [9.17, 15) is 18.0 Å². The van der Waals surface area contributed by atoms with Gasteiger partial charge in [0.25, 0.3) is 0 Å². The third-order valence-electron chi connectivity index (χ3n) is 6.81. The van der Waals surface area contributed by atoms with E-state index in [1.54, 1.807) is 28.0 Å². The van der Waals surface area contributed by atoms with E-state index in [0.29, 0.717) is 19.6 Å². The van der Waals surface area contributed by atoms with Gasteiger partial charge in [0.15, 0.2) is 9.84 Å². The summed E-state index contributed by atoms with van der Waals surface area (Å²) in [5.41, 5.74) is 4.01. The summed E-state index contributed by atoms with van der Waals surface area (Å²) in [5.74, 6) is -0.382. The number of amides is 2. The van der Waals surface area contributed by atoms with E-state index in [2.05, 4.69) is 36.9 Å². The number of anilines is 2. The zero-order chi connectivity index (χ0) is 24.5. The van der Waals surface area contributed by atoms with Gasteiger partial charge in [0.05, 0.1) is 10.6 Å². The second-order valence-corrected chi connectivity index (χ2v) is 11.5. The Morgan fingerprint density at radius 1 is 1.06 bits per heavy atom. The van der Waals surface area contributed by atoms with Crippen molar-refractivity contribution in [1.29, 1.82) is 0 Å². The van der Waals surface area contributed by atoms with Crippen molar-refractivity contribution < 1.29 is 18.0 Å². The molecule has 0 bridgehead atoms. The van der Waals surface area contributed by atoms with Crippen LogP contribution in [0.3, 0.4) is 0 Å². The van der Waals surface area contributed by atoms with E-state index in [-0.39, 0.29) is 34.9 Å². The van der Waals surface area contributed by atoms with Crippen LogP contribution in [0.5, 0.6) is 0 Å². The van der Waals surface area contributed by atoms with E-state index in [1.165, 1.54) is 12.5 Å². The Kier molecular flexibility index (Phi) is 6.98. The molecule has 2 aliphatic heterocycles. The number of nitrogens with zero attached hydrogens (tertiary/aromatic N) is 3. The third-order valence-corrected chi connectivity index (χ3v) is 8.52. The van der Waals surface area contributed by atoms with Crippen LogP contribution in [-0.4, -0.2) is 63.1 Å². The standard InChI is InChI=1S/C26H33N3O4S/c1-19-6-4-8-23(16-19)28-14-13-27(18-20(28)2)26(31)11-15-34(32,33)24-9-10-25-22(17-24)7-5-12-29(25)21(3)30/h4,6,8-10,16-17,20H,5,7,11-15,18H2,1-3H3/t20-/m0/s1. The fraction of sp³-hybridized carbons (Fsp3) is 0.462. The first kappa shape index (κ1) is 24.3. The van der Waals surface area contributed by atoms with Crippen molar-refractivity contribution in [2.24, 2.45) is 0 Å². The van der Waals surface area contributed by atoms with Gasteiger partial charge < -0.3 is 14.7 Å². The lowest BCUT2D eigenvalue weighted by Gasteiger charge is -2.41. The van der Waals surface area contributed by atoms with Gasteiger partial charge in [-0.05, 0) is 68.1 Å². The van der Waals surface area contributed by atoms with Gasteiger partial charge >= 0.3 is 0 Å². The van der Waals surface area contributed by atoms with Crippen molar-refractivity contribution in [2.75, 3.05) is 41.7 Å². The van der Waals surface area contributed by atoms with E-state index in [1.807, 2.05) is 6.07 Å². The summed E-state index contributed by atoms with van der Waals surface area (Å²) in [6.07, 6.45) is 1.52. The molecule has 34 heavy (non-hydrogen) atoms. The van der Waals surface area contributed by atoms with Crippen LogP contribution in [-0.2, 0) is 25.8 Å². The number of hydrogen-bond donors (Lipinski definition) is 0. The van der Waals surface area contributed by atoms with Crippen molar-refractivity contribution in [2.45, 2.75) is 51.0 Å². The molecule has 1 atom stereocenters. The number of piperazine rings is 1. The first-order chi connectivity index (χ1) is 16.2. The molecule has 1 fully saturated rings. The highest BCUT2D eigenvalue weighted by Crippen LogP contribution is 2.30. The number of carbonyl (C=O) groups excluding carboxylic acids is 2. The number of aryl methyl sites for hydroxylation is 2. The molecule has 7 nitrogen and oxygen atoms in total. The summed E-state index contributed by atoms with van der Waals surface area (Å²) in [7, 11) is -3.60. The van der Waals surface area contributed by atoms with E-state index < -0.39 is 9.84 Å². The lowest BCUT2D eigenvalue weighted by molar-refractivity contribution is -0.131. The molecule has 0 aliphatic carbocycles. The molecule has 0 radical (unpaired) electrons. The zero-order valence-electron chi connectivity index (χ0n) is 20.2. The predicted octanol–water partition coefficient (Wildman–Crippen LogP) is 3.20. The molecule has 2 amide bonds. The van der Waals surface area contributed by atoms with Gasteiger partial charge in [-0.15, -0.1) is 0 Å². The lowest BCUT2D eigenvalue weighted by atomic mass is 10.0. The van der Waals surface area contributed by atoms with E-state index in [0.717, 1.165) is 36.3 Å². The van der Waals surface area contributed by atoms with Crippen molar-refractivity contribution in [1.82, 2.24) is 4.90 Å². The van der Waals surface area contributed by atoms with Crippen molar-refractivity contribution >= 4 is 33.0 Å². The minimum atomic E-state index is -3.60. The predicted molar refractivity (Wildman–Crippen MR) is 134 cm³/mol. The molecule has 2 aliphatic rings. The van der Waals surface area contributed by atoms with Crippen LogP contribution >= 0.6 is 0 Å². The second kappa shape index (κ2) is 9.78. The summed E-state index contributed by atoms with van der Waals surface area (Å²) in [6.45, 7) is 8.21. The molecule has 0 N–H and O–H groups in total. The number of sulfone groups is 1. The minimum absolute atomic E-state index is 0.0316. The van der Waals surface area contributed by atoms with Crippen LogP contribution in [0.15, 0.2) is 47.4 Å². The first-order valence-electron chi connectivity index (χ1n) is 11.9. The average molecular weight is 484 g/mol. The summed E-state index contributed by atoms with van der Waals surface area (Å²) in [6, 6.07) is 13.4. The summed E-state index contributed by atoms with van der Waals surface area (Å²) >= 11 is 0. The van der Waals surface area contributed by atoms with Gasteiger partial charge in [-0.3, -0.25) is 9.59 Å². The molecule has 182 valence electrons. The quantitative estimate of drug-likeness (QED) is 0.653.